The number of Topliss-reactive ketones (excluding diaryl/α,β-unsaturated/α-hetero) is 1. The van der Waals surface area contributed by atoms with Gasteiger partial charge in [-0.1, -0.05) is 12.1 Å². The van der Waals surface area contributed by atoms with Crippen molar-refractivity contribution in [3.63, 3.8) is 0 Å². The number of hydrogen-bond acceptors (Lipinski definition) is 4. The van der Waals surface area contributed by atoms with Crippen molar-refractivity contribution >= 4 is 23.3 Å². The standard InChI is InChI=1S/C21H23ClN2O3/c22-20-9-6-15(27-20)13-24-10-2-3-14(12-24)11-23-21(26)18-5-1-4-17-16(18)7-8-19(17)25/h1,4-6,9,14H,2-3,7-8,10-13H2,(H,23,26). The number of carbonyl (C=O) groups excluding carboxylic acids is 2. The van der Waals surface area contributed by atoms with Crippen LogP contribution in [0.25, 0.3) is 0 Å². The normalized spacial score (nSPS) is 19.9. The first-order valence-electron chi connectivity index (χ1n) is 9.50. The van der Waals surface area contributed by atoms with Gasteiger partial charge in [-0.25, -0.2) is 0 Å². The molecule has 2 aromatic rings. The lowest BCUT2D eigenvalue weighted by molar-refractivity contribution is 0.0927. The number of likely N-dealkylation sites (tertiary alicyclic amines) is 1. The van der Waals surface area contributed by atoms with Crippen molar-refractivity contribution in [2.45, 2.75) is 32.2 Å². The van der Waals surface area contributed by atoms with Crippen molar-refractivity contribution < 1.29 is 14.0 Å². The molecule has 0 radical (unpaired) electrons. The second-order valence-electron chi connectivity index (χ2n) is 7.41. The van der Waals surface area contributed by atoms with E-state index in [1.165, 1.54) is 0 Å². The molecule has 1 fully saturated rings. The van der Waals surface area contributed by atoms with Crippen LogP contribution in [-0.2, 0) is 13.0 Å². The van der Waals surface area contributed by atoms with Crippen LogP contribution >= 0.6 is 11.6 Å². The number of rotatable bonds is 5. The van der Waals surface area contributed by atoms with Crippen molar-refractivity contribution in [1.29, 1.82) is 0 Å². The molecule has 1 aromatic carbocycles. The summed E-state index contributed by atoms with van der Waals surface area (Å²) in [6.45, 7) is 3.33. The van der Waals surface area contributed by atoms with Gasteiger partial charge in [-0.15, -0.1) is 0 Å². The highest BCUT2D eigenvalue weighted by Crippen LogP contribution is 2.25. The maximum absolute atomic E-state index is 12.7. The SMILES string of the molecule is O=C1CCc2c1cccc2C(=O)NCC1CCCN(Cc2ccc(Cl)o2)C1. The third-order valence-corrected chi connectivity index (χ3v) is 5.69. The molecular weight excluding hydrogens is 364 g/mol. The summed E-state index contributed by atoms with van der Waals surface area (Å²) in [5.41, 5.74) is 2.26. The first kappa shape index (κ1) is 18.3. The van der Waals surface area contributed by atoms with Crippen molar-refractivity contribution in [1.82, 2.24) is 10.2 Å². The van der Waals surface area contributed by atoms with Gasteiger partial charge >= 0.3 is 0 Å². The van der Waals surface area contributed by atoms with E-state index >= 15 is 0 Å². The molecule has 2 aliphatic rings. The van der Waals surface area contributed by atoms with Gasteiger partial charge in [-0.3, -0.25) is 14.5 Å². The van der Waals surface area contributed by atoms with E-state index in [2.05, 4.69) is 10.2 Å². The van der Waals surface area contributed by atoms with E-state index in [0.717, 1.165) is 43.8 Å². The number of amides is 1. The molecule has 6 heteroatoms. The first-order valence-corrected chi connectivity index (χ1v) is 9.88. The Hall–Kier alpha value is -2.11. The maximum Gasteiger partial charge on any atom is 0.251 e. The summed E-state index contributed by atoms with van der Waals surface area (Å²) in [5.74, 6) is 1.35. The van der Waals surface area contributed by atoms with Crippen molar-refractivity contribution in [2.75, 3.05) is 19.6 Å². The highest BCUT2D eigenvalue weighted by molar-refractivity contribution is 6.28. The fourth-order valence-electron chi connectivity index (χ4n) is 4.15. The Balaban J connectivity index is 1.33. The molecule has 1 aromatic heterocycles. The van der Waals surface area contributed by atoms with Crippen LogP contribution in [0.5, 0.6) is 0 Å². The Morgan fingerprint density at radius 1 is 1.26 bits per heavy atom. The Labute approximate surface area is 163 Å². The van der Waals surface area contributed by atoms with Crippen LogP contribution < -0.4 is 5.32 Å². The zero-order valence-corrected chi connectivity index (χ0v) is 15.9. The topological polar surface area (TPSA) is 62.6 Å². The predicted molar refractivity (Wildman–Crippen MR) is 103 cm³/mol. The molecule has 1 saturated heterocycles. The van der Waals surface area contributed by atoms with Crippen LogP contribution in [0, 0.1) is 5.92 Å². The third-order valence-electron chi connectivity index (χ3n) is 5.49. The Morgan fingerprint density at radius 2 is 2.15 bits per heavy atom. The minimum atomic E-state index is -0.0727. The lowest BCUT2D eigenvalue weighted by Crippen LogP contribution is -2.40. The molecule has 27 heavy (non-hydrogen) atoms. The van der Waals surface area contributed by atoms with Crippen LogP contribution in [0.4, 0.5) is 0 Å². The smallest absolute Gasteiger partial charge is 0.251 e. The molecular formula is C21H23ClN2O3. The summed E-state index contributed by atoms with van der Waals surface area (Å²) in [5, 5.41) is 3.50. The lowest BCUT2D eigenvalue weighted by atomic mass is 9.97. The highest BCUT2D eigenvalue weighted by Gasteiger charge is 2.26. The second kappa shape index (κ2) is 7.87. The van der Waals surface area contributed by atoms with Gasteiger partial charge < -0.3 is 9.73 Å². The molecule has 1 aliphatic heterocycles. The van der Waals surface area contributed by atoms with Gasteiger partial charge in [-0.2, -0.15) is 0 Å². The Morgan fingerprint density at radius 3 is 2.96 bits per heavy atom. The molecule has 1 aliphatic carbocycles. The van der Waals surface area contributed by atoms with Crippen molar-refractivity contribution in [3.05, 3.63) is 58.0 Å². The zero-order valence-electron chi connectivity index (χ0n) is 15.2. The van der Waals surface area contributed by atoms with Crippen LogP contribution in [-0.4, -0.2) is 36.2 Å². The van der Waals surface area contributed by atoms with E-state index in [1.807, 2.05) is 18.2 Å². The van der Waals surface area contributed by atoms with Gasteiger partial charge in [0.2, 0.25) is 0 Å². The van der Waals surface area contributed by atoms with Crippen molar-refractivity contribution in [3.8, 4) is 0 Å². The summed E-state index contributed by atoms with van der Waals surface area (Å²) in [7, 11) is 0. The van der Waals surface area contributed by atoms with Crippen LogP contribution in [0.3, 0.4) is 0 Å². The van der Waals surface area contributed by atoms with Gasteiger partial charge in [0, 0.05) is 30.6 Å². The summed E-state index contributed by atoms with van der Waals surface area (Å²) in [6.07, 6.45) is 3.37. The van der Waals surface area contributed by atoms with Crippen LogP contribution in [0.1, 0.15) is 51.3 Å². The van der Waals surface area contributed by atoms with E-state index in [9.17, 15) is 9.59 Å². The number of halogens is 1. The number of ketones is 1. The molecule has 0 saturated carbocycles. The monoisotopic (exact) mass is 386 g/mol. The molecule has 5 nitrogen and oxygen atoms in total. The third kappa shape index (κ3) is 4.09. The quantitative estimate of drug-likeness (QED) is 0.851. The van der Waals surface area contributed by atoms with Crippen molar-refractivity contribution in [2.24, 2.45) is 5.92 Å². The number of nitrogens with zero attached hydrogens (tertiary/aromatic N) is 1. The number of piperidine rings is 1. The number of benzene rings is 1. The minimum Gasteiger partial charge on any atom is -0.448 e. The van der Waals surface area contributed by atoms with E-state index in [-0.39, 0.29) is 11.7 Å². The number of furan rings is 1. The number of hydrogen-bond donors (Lipinski definition) is 1. The molecule has 4 rings (SSSR count). The average molecular weight is 387 g/mol. The molecule has 1 N–H and O–H groups in total. The number of carbonyl (C=O) groups is 2. The summed E-state index contributed by atoms with van der Waals surface area (Å²) >= 11 is 5.85. The van der Waals surface area contributed by atoms with Gasteiger partial charge in [0.25, 0.3) is 5.91 Å². The van der Waals surface area contributed by atoms with Gasteiger partial charge in [-0.05, 0) is 67.1 Å². The molecule has 1 atom stereocenters. The summed E-state index contributed by atoms with van der Waals surface area (Å²) in [6, 6.07) is 9.11. The van der Waals surface area contributed by atoms with Gasteiger partial charge in [0.05, 0.1) is 6.54 Å². The average Bonchev–Trinajstić information content (AvgIpc) is 3.25. The van der Waals surface area contributed by atoms with E-state index in [4.69, 9.17) is 16.0 Å². The fraction of sp³-hybridized carbons (Fsp3) is 0.429. The number of nitrogens with one attached hydrogen (secondary N) is 1. The predicted octanol–water partition coefficient (Wildman–Crippen LogP) is 3.70. The Kier molecular flexibility index (Phi) is 5.32. The zero-order chi connectivity index (χ0) is 18.8. The highest BCUT2D eigenvalue weighted by atomic mass is 35.5. The van der Waals surface area contributed by atoms with Crippen LogP contribution in [0.15, 0.2) is 34.7 Å². The summed E-state index contributed by atoms with van der Waals surface area (Å²) in [4.78, 5) is 26.9. The fourth-order valence-corrected chi connectivity index (χ4v) is 4.32. The van der Waals surface area contributed by atoms with Gasteiger partial charge in [0.15, 0.2) is 11.0 Å². The molecule has 142 valence electrons. The number of fused-ring (bicyclic) bond motifs is 1. The molecule has 0 spiro atoms. The van der Waals surface area contributed by atoms with E-state index in [0.29, 0.717) is 41.7 Å². The first-order chi connectivity index (χ1) is 13.1. The maximum atomic E-state index is 12.7. The van der Waals surface area contributed by atoms with Crippen LogP contribution in [0.2, 0.25) is 5.22 Å². The molecule has 1 unspecified atom stereocenters. The molecule has 0 bridgehead atoms. The minimum absolute atomic E-state index is 0.0727. The molecule has 2 heterocycles. The lowest BCUT2D eigenvalue weighted by Gasteiger charge is -2.32. The Bertz CT molecular complexity index is 861. The molecule has 1 amide bonds. The van der Waals surface area contributed by atoms with E-state index < -0.39 is 0 Å². The largest absolute Gasteiger partial charge is 0.448 e. The second-order valence-corrected chi connectivity index (χ2v) is 7.79. The van der Waals surface area contributed by atoms with E-state index in [1.54, 1.807) is 12.1 Å². The summed E-state index contributed by atoms with van der Waals surface area (Å²) < 4.78 is 5.46. The van der Waals surface area contributed by atoms with Gasteiger partial charge in [0.1, 0.15) is 5.76 Å².